The van der Waals surface area contributed by atoms with E-state index in [0.29, 0.717) is 112 Å². The lowest BCUT2D eigenvalue weighted by atomic mass is 9.86. The van der Waals surface area contributed by atoms with Gasteiger partial charge in [0, 0.05) is 49.4 Å². The predicted octanol–water partition coefficient (Wildman–Crippen LogP) is 3.36. The maximum absolute atomic E-state index is 13.5. The van der Waals surface area contributed by atoms with Gasteiger partial charge in [-0.25, -0.2) is 9.36 Å². The highest BCUT2D eigenvalue weighted by atomic mass is 16.5. The van der Waals surface area contributed by atoms with Crippen LogP contribution in [0.5, 0.6) is 11.5 Å². The summed E-state index contributed by atoms with van der Waals surface area (Å²) in [6.45, 7) is 4.64. The van der Waals surface area contributed by atoms with E-state index in [4.69, 9.17) is 29.8 Å². The summed E-state index contributed by atoms with van der Waals surface area (Å²) in [6.07, 6.45) is 2.93. The summed E-state index contributed by atoms with van der Waals surface area (Å²) in [5.74, 6) is 0.0370. The molecule has 2 fully saturated rings. The molecular weight excluding hydrogens is 891 g/mol. The number of aromatic nitrogens is 5. The Hall–Kier alpha value is -7.20. The Morgan fingerprint density at radius 1 is 0.841 bits per heavy atom. The largest absolute Gasteiger partial charge is 0.457 e. The Morgan fingerprint density at radius 3 is 2.30 bits per heavy atom. The Morgan fingerprint density at radius 2 is 1.57 bits per heavy atom. The standard InChI is InChI=1S/C48H55N11O10/c49-43(61)41-42(31-9-11-33(12-10-31)69-32-5-2-1-3-6-32)54-59-37(15-18-51-44(41)59)30-16-20-56(21-17-30)47(64)36-29-57(55-53-36)22-24-67-26-28-68-27-25-66-23-19-50-35-8-4-7-34-40(35)48(65)58(46(34)63)38-13-14-39(60)52-45(38)62/h1-12,29-30,37-38,46,50-51,63H,13-28H2,(H2,49,61)(H,52,60,62)/t37-,38?,46?/m0/s1. The number of nitrogens with one attached hydrogen (secondary N) is 3. The number of piperidine rings is 2. The molecule has 3 aromatic carbocycles. The molecule has 2 aromatic heterocycles. The number of nitrogens with two attached hydrogens (primary N) is 1. The Kier molecular flexibility index (Phi) is 14.5. The van der Waals surface area contributed by atoms with Crippen LogP contribution >= 0.6 is 0 Å². The Labute approximate surface area is 397 Å². The third-order valence-electron chi connectivity index (χ3n) is 12.8. The molecule has 3 atom stereocenters. The van der Waals surface area contributed by atoms with Crippen molar-refractivity contribution in [3.63, 3.8) is 0 Å². The summed E-state index contributed by atoms with van der Waals surface area (Å²) in [6, 6.07) is 21.1. The number of rotatable bonds is 20. The van der Waals surface area contributed by atoms with Gasteiger partial charge in [-0.1, -0.05) is 35.5 Å². The van der Waals surface area contributed by atoms with Crippen LogP contribution in [0.4, 0.5) is 11.5 Å². The summed E-state index contributed by atoms with van der Waals surface area (Å²) in [7, 11) is 0. The van der Waals surface area contributed by atoms with Gasteiger partial charge in [0.1, 0.15) is 34.6 Å². The van der Waals surface area contributed by atoms with Crippen molar-refractivity contribution >= 4 is 41.0 Å². The summed E-state index contributed by atoms with van der Waals surface area (Å²) in [5.41, 5.74) is 9.06. The number of nitrogens with zero attached hydrogens (tertiary/aromatic N) is 7. The van der Waals surface area contributed by atoms with Crippen LogP contribution in [-0.4, -0.2) is 141 Å². The fraction of sp³-hybridized carbons (Fsp3) is 0.417. The minimum atomic E-state index is -1.29. The van der Waals surface area contributed by atoms with Crippen molar-refractivity contribution in [3.8, 4) is 22.8 Å². The molecule has 6 heterocycles. The van der Waals surface area contributed by atoms with Crippen LogP contribution in [0.1, 0.15) is 81.1 Å². The second-order valence-corrected chi connectivity index (χ2v) is 17.2. The van der Waals surface area contributed by atoms with Gasteiger partial charge in [-0.15, -0.1) is 5.10 Å². The summed E-state index contributed by atoms with van der Waals surface area (Å²) in [5, 5.41) is 32.9. The number of hydrogen-bond donors (Lipinski definition) is 5. The number of imide groups is 1. The van der Waals surface area contributed by atoms with E-state index < -0.39 is 35.9 Å². The van der Waals surface area contributed by atoms with Crippen molar-refractivity contribution in [1.82, 2.24) is 39.9 Å². The molecule has 69 heavy (non-hydrogen) atoms. The minimum Gasteiger partial charge on any atom is -0.457 e. The molecule has 21 heteroatoms. The lowest BCUT2D eigenvalue weighted by Crippen LogP contribution is -2.53. The molecule has 362 valence electrons. The third-order valence-corrected chi connectivity index (χ3v) is 12.8. The first-order valence-corrected chi connectivity index (χ1v) is 23.3. The van der Waals surface area contributed by atoms with Gasteiger partial charge in [0.15, 0.2) is 11.9 Å². The first kappa shape index (κ1) is 46.9. The van der Waals surface area contributed by atoms with Crippen LogP contribution in [0.3, 0.4) is 0 Å². The average molecular weight is 946 g/mol. The summed E-state index contributed by atoms with van der Waals surface area (Å²) in [4.78, 5) is 66.6. The van der Waals surface area contributed by atoms with E-state index in [1.54, 1.807) is 29.1 Å². The molecule has 2 unspecified atom stereocenters. The monoisotopic (exact) mass is 945 g/mol. The fourth-order valence-electron chi connectivity index (χ4n) is 9.41. The van der Waals surface area contributed by atoms with E-state index >= 15 is 0 Å². The van der Waals surface area contributed by atoms with Gasteiger partial charge < -0.3 is 45.3 Å². The number of likely N-dealkylation sites (tertiary alicyclic amines) is 1. The molecule has 4 aliphatic heterocycles. The van der Waals surface area contributed by atoms with Crippen molar-refractivity contribution in [1.29, 1.82) is 0 Å². The zero-order valence-corrected chi connectivity index (χ0v) is 38.0. The molecule has 6 N–H and O–H groups in total. The van der Waals surface area contributed by atoms with Crippen molar-refractivity contribution in [2.45, 2.75) is 57.0 Å². The van der Waals surface area contributed by atoms with Gasteiger partial charge in [-0.2, -0.15) is 5.10 Å². The van der Waals surface area contributed by atoms with Crippen LogP contribution in [-0.2, 0) is 30.3 Å². The highest BCUT2D eigenvalue weighted by molar-refractivity contribution is 6.08. The Balaban J connectivity index is 0.657. The predicted molar refractivity (Wildman–Crippen MR) is 248 cm³/mol. The third kappa shape index (κ3) is 10.5. The number of carbonyl (C=O) groups is 5. The van der Waals surface area contributed by atoms with E-state index in [1.807, 2.05) is 64.2 Å². The van der Waals surface area contributed by atoms with Crippen molar-refractivity contribution in [3.05, 3.63) is 101 Å². The first-order valence-electron chi connectivity index (χ1n) is 23.3. The van der Waals surface area contributed by atoms with Gasteiger partial charge in [0.05, 0.1) is 64.0 Å². The van der Waals surface area contributed by atoms with Crippen LogP contribution < -0.4 is 26.4 Å². The van der Waals surface area contributed by atoms with E-state index in [2.05, 4.69) is 26.3 Å². The molecule has 21 nitrogen and oxygen atoms in total. The van der Waals surface area contributed by atoms with Crippen LogP contribution in [0.15, 0.2) is 79.0 Å². The van der Waals surface area contributed by atoms with Crippen molar-refractivity contribution in [2.24, 2.45) is 11.7 Å². The molecule has 9 rings (SSSR count). The first-order chi connectivity index (χ1) is 33.6. The number of ether oxygens (including phenoxy) is 4. The molecule has 2 saturated heterocycles. The number of anilines is 2. The van der Waals surface area contributed by atoms with Gasteiger partial charge in [-0.3, -0.25) is 34.2 Å². The molecule has 0 radical (unpaired) electrons. The second kappa shape index (κ2) is 21.4. The van der Waals surface area contributed by atoms with E-state index in [9.17, 15) is 29.1 Å². The van der Waals surface area contributed by atoms with Crippen LogP contribution in [0.25, 0.3) is 11.3 Å². The van der Waals surface area contributed by atoms with Crippen molar-refractivity contribution in [2.75, 3.05) is 76.5 Å². The minimum absolute atomic E-state index is 0.0260. The molecule has 0 spiro atoms. The molecule has 5 amide bonds. The number of fused-ring (bicyclic) bond motifs is 2. The van der Waals surface area contributed by atoms with Gasteiger partial charge in [0.2, 0.25) is 11.8 Å². The fourth-order valence-corrected chi connectivity index (χ4v) is 9.41. The maximum atomic E-state index is 13.5. The van der Waals surface area contributed by atoms with Gasteiger partial charge >= 0.3 is 0 Å². The van der Waals surface area contributed by atoms with Gasteiger partial charge in [-0.05, 0) is 74.1 Å². The number of carbonyl (C=O) groups excluding carboxylic acids is 5. The Bertz CT molecular complexity index is 2650. The van der Waals surface area contributed by atoms with Gasteiger partial charge in [0.25, 0.3) is 17.7 Å². The molecule has 0 bridgehead atoms. The molecule has 4 aliphatic rings. The quantitative estimate of drug-likeness (QED) is 0.0554. The van der Waals surface area contributed by atoms with Crippen molar-refractivity contribution < 1.29 is 48.0 Å². The molecule has 0 aliphatic carbocycles. The summed E-state index contributed by atoms with van der Waals surface area (Å²) >= 11 is 0. The number of primary amides is 1. The molecule has 0 saturated carbocycles. The zero-order chi connectivity index (χ0) is 47.9. The highest BCUT2D eigenvalue weighted by Gasteiger charge is 2.45. The van der Waals surface area contributed by atoms with E-state index in [-0.39, 0.29) is 36.4 Å². The SMILES string of the molecule is NC(=O)c1c(-c2ccc(Oc3ccccc3)cc2)nn2c1NCC[C@H]2C1CCN(C(=O)c2cn(CCOCCOCCOCCNc3cccc4c3C(=O)N(C3CCC(=O)NC3=O)C4O)nn2)CC1. The normalized spacial score (nSPS) is 19.2. The number of para-hydroxylation sites is 1. The lowest BCUT2D eigenvalue weighted by Gasteiger charge is -2.38. The lowest BCUT2D eigenvalue weighted by molar-refractivity contribution is -0.139. The molecular formula is C48H55N11O10. The van der Waals surface area contributed by atoms with E-state index in [1.165, 1.54) is 0 Å². The summed E-state index contributed by atoms with van der Waals surface area (Å²) < 4.78 is 26.5. The number of benzene rings is 3. The second-order valence-electron chi connectivity index (χ2n) is 17.2. The average Bonchev–Trinajstić information content (AvgIpc) is 4.07. The topological polar surface area (TPSA) is 260 Å². The van der Waals surface area contributed by atoms with Crippen LogP contribution in [0, 0.1) is 5.92 Å². The number of aliphatic hydroxyl groups excluding tert-OH is 1. The number of amides is 5. The van der Waals surface area contributed by atoms with Crippen LogP contribution in [0.2, 0.25) is 0 Å². The smallest absolute Gasteiger partial charge is 0.276 e. The molecule has 5 aromatic rings. The number of aliphatic hydroxyl groups is 1. The van der Waals surface area contributed by atoms with E-state index in [0.717, 1.165) is 35.5 Å². The highest BCUT2D eigenvalue weighted by Crippen LogP contribution is 2.41. The maximum Gasteiger partial charge on any atom is 0.276 e. The number of hydrogen-bond acceptors (Lipinski definition) is 15. The zero-order valence-electron chi connectivity index (χ0n) is 38.0.